The summed E-state index contributed by atoms with van der Waals surface area (Å²) in [6.07, 6.45) is 14.2. The molecule has 2 atom stereocenters. The molecular formula is C16H31O2P. The van der Waals surface area contributed by atoms with Gasteiger partial charge < -0.3 is 9.67 Å². The molecule has 1 aliphatic carbocycles. The molecule has 2 unspecified atom stereocenters. The zero-order valence-electron chi connectivity index (χ0n) is 12.6. The van der Waals surface area contributed by atoms with Gasteiger partial charge in [-0.25, -0.2) is 0 Å². The zero-order chi connectivity index (χ0) is 13.8. The average Bonchev–Trinajstić information content (AvgIpc) is 2.79. The minimum Gasteiger partial charge on any atom is -0.382 e. The largest absolute Gasteiger partial charge is 0.382 e. The van der Waals surface area contributed by atoms with Crippen LogP contribution in [-0.2, 0) is 4.57 Å². The molecule has 1 N–H and O–H groups in total. The monoisotopic (exact) mass is 286 g/mol. The molecule has 1 heterocycles. The Morgan fingerprint density at radius 2 is 1.89 bits per heavy atom. The van der Waals surface area contributed by atoms with Crippen molar-refractivity contribution in [2.45, 2.75) is 82.9 Å². The number of aliphatic hydroxyl groups is 1. The van der Waals surface area contributed by atoms with Gasteiger partial charge in [0.25, 0.3) is 0 Å². The van der Waals surface area contributed by atoms with Crippen LogP contribution in [0.1, 0.15) is 77.6 Å². The fraction of sp³-hybridized carbons (Fsp3) is 1.00. The summed E-state index contributed by atoms with van der Waals surface area (Å²) >= 11 is 0. The van der Waals surface area contributed by atoms with E-state index in [-0.39, 0.29) is 0 Å². The smallest absolute Gasteiger partial charge is 0.118 e. The van der Waals surface area contributed by atoms with Crippen LogP contribution >= 0.6 is 7.14 Å². The number of hydrogen-bond donors (Lipinski definition) is 1. The Balaban J connectivity index is 1.83. The van der Waals surface area contributed by atoms with E-state index in [0.29, 0.717) is 5.92 Å². The highest BCUT2D eigenvalue weighted by Gasteiger charge is 2.50. The van der Waals surface area contributed by atoms with E-state index in [0.717, 1.165) is 44.4 Å². The predicted molar refractivity (Wildman–Crippen MR) is 82.2 cm³/mol. The van der Waals surface area contributed by atoms with Crippen molar-refractivity contribution < 1.29 is 9.67 Å². The summed E-state index contributed by atoms with van der Waals surface area (Å²) in [4.78, 5) is 0. The van der Waals surface area contributed by atoms with E-state index in [1.54, 1.807) is 0 Å². The normalized spacial score (nSPS) is 34.5. The second kappa shape index (κ2) is 6.76. The molecule has 19 heavy (non-hydrogen) atoms. The zero-order valence-corrected chi connectivity index (χ0v) is 13.5. The van der Waals surface area contributed by atoms with Crippen LogP contribution in [0.3, 0.4) is 0 Å². The summed E-state index contributed by atoms with van der Waals surface area (Å²) in [6.45, 7) is 2.24. The first kappa shape index (κ1) is 15.6. The summed E-state index contributed by atoms with van der Waals surface area (Å²) in [7, 11) is -2.31. The van der Waals surface area contributed by atoms with Crippen LogP contribution in [0.5, 0.6) is 0 Å². The van der Waals surface area contributed by atoms with Crippen molar-refractivity contribution in [2.75, 3.05) is 12.3 Å². The maximum absolute atomic E-state index is 13.1. The van der Waals surface area contributed by atoms with Crippen molar-refractivity contribution in [1.29, 1.82) is 0 Å². The Labute approximate surface area is 118 Å². The van der Waals surface area contributed by atoms with E-state index >= 15 is 0 Å². The lowest BCUT2D eigenvalue weighted by molar-refractivity contribution is 0.0809. The molecule has 0 amide bonds. The van der Waals surface area contributed by atoms with E-state index in [2.05, 4.69) is 6.92 Å². The number of unbranched alkanes of at least 4 members (excludes halogenated alkanes) is 3. The molecule has 1 saturated carbocycles. The average molecular weight is 286 g/mol. The van der Waals surface area contributed by atoms with E-state index in [4.69, 9.17) is 0 Å². The van der Waals surface area contributed by atoms with Gasteiger partial charge in [-0.3, -0.25) is 0 Å². The molecule has 0 spiro atoms. The van der Waals surface area contributed by atoms with Gasteiger partial charge in [0.05, 0.1) is 0 Å². The van der Waals surface area contributed by atoms with Crippen LogP contribution in [-0.4, -0.2) is 22.8 Å². The Kier molecular flexibility index (Phi) is 5.55. The van der Waals surface area contributed by atoms with Gasteiger partial charge in [0.1, 0.15) is 12.5 Å². The highest BCUT2D eigenvalue weighted by atomic mass is 31.2. The third-order valence-electron chi connectivity index (χ3n) is 5.33. The summed E-state index contributed by atoms with van der Waals surface area (Å²) in [5, 5.41) is 10.0. The molecule has 2 rings (SSSR count). The lowest BCUT2D eigenvalue weighted by atomic mass is 9.97. The summed E-state index contributed by atoms with van der Waals surface area (Å²) in [5.41, 5.74) is 0. The van der Waals surface area contributed by atoms with Crippen LogP contribution in [0, 0.1) is 5.92 Å². The first-order chi connectivity index (χ1) is 9.10. The van der Waals surface area contributed by atoms with Gasteiger partial charge in [-0.05, 0) is 31.6 Å². The van der Waals surface area contributed by atoms with Gasteiger partial charge >= 0.3 is 0 Å². The molecule has 2 fully saturated rings. The Hall–Kier alpha value is 0.190. The molecule has 2 nitrogen and oxygen atoms in total. The quantitative estimate of drug-likeness (QED) is 0.551. The van der Waals surface area contributed by atoms with Gasteiger partial charge in [-0.1, -0.05) is 51.9 Å². The molecule has 0 radical (unpaired) electrons. The van der Waals surface area contributed by atoms with E-state index in [9.17, 15) is 9.67 Å². The molecule has 0 aromatic rings. The first-order valence-electron chi connectivity index (χ1n) is 8.40. The van der Waals surface area contributed by atoms with Crippen LogP contribution in [0.15, 0.2) is 0 Å². The maximum atomic E-state index is 13.1. The van der Waals surface area contributed by atoms with Crippen LogP contribution in [0.2, 0.25) is 0 Å². The van der Waals surface area contributed by atoms with Gasteiger partial charge in [-0.2, -0.15) is 0 Å². The minimum absolute atomic E-state index is 0.633. The van der Waals surface area contributed by atoms with Gasteiger partial charge in [0.2, 0.25) is 0 Å². The third-order valence-corrected chi connectivity index (χ3v) is 9.38. The van der Waals surface area contributed by atoms with Crippen molar-refractivity contribution >= 4 is 7.14 Å². The van der Waals surface area contributed by atoms with Gasteiger partial charge in [0, 0.05) is 12.3 Å². The minimum atomic E-state index is -2.31. The summed E-state index contributed by atoms with van der Waals surface area (Å²) in [6, 6.07) is 0. The molecule has 0 aromatic heterocycles. The molecular weight excluding hydrogens is 255 g/mol. The molecule has 112 valence electrons. The third kappa shape index (κ3) is 3.64. The molecule has 1 aliphatic heterocycles. The lowest BCUT2D eigenvalue weighted by Gasteiger charge is -2.37. The highest BCUT2D eigenvalue weighted by molar-refractivity contribution is 7.65. The second-order valence-corrected chi connectivity index (χ2v) is 10.3. The van der Waals surface area contributed by atoms with Gasteiger partial charge in [0.15, 0.2) is 0 Å². The van der Waals surface area contributed by atoms with Crippen molar-refractivity contribution in [3.05, 3.63) is 0 Å². The van der Waals surface area contributed by atoms with Crippen molar-refractivity contribution in [2.24, 2.45) is 5.92 Å². The predicted octanol–water partition coefficient (Wildman–Crippen LogP) is 4.99. The molecule has 3 heteroatoms. The topological polar surface area (TPSA) is 37.3 Å². The lowest BCUT2D eigenvalue weighted by Crippen LogP contribution is -2.32. The highest BCUT2D eigenvalue weighted by Crippen LogP contribution is 2.67. The molecule has 1 saturated heterocycles. The Morgan fingerprint density at radius 1 is 1.16 bits per heavy atom. The van der Waals surface area contributed by atoms with E-state index in [1.165, 1.54) is 38.5 Å². The van der Waals surface area contributed by atoms with Crippen LogP contribution in [0.25, 0.3) is 0 Å². The second-order valence-electron chi connectivity index (χ2n) is 6.84. The molecule has 2 aliphatic rings. The van der Waals surface area contributed by atoms with E-state index < -0.39 is 12.5 Å². The SMILES string of the molecule is CCCCCCC1CCP(=O)(C2(O)CCCCC2)C1. The molecule has 0 bridgehead atoms. The maximum Gasteiger partial charge on any atom is 0.118 e. The Morgan fingerprint density at radius 3 is 2.58 bits per heavy atom. The van der Waals surface area contributed by atoms with Crippen molar-refractivity contribution in [1.82, 2.24) is 0 Å². The van der Waals surface area contributed by atoms with E-state index in [1.807, 2.05) is 0 Å². The Bertz CT molecular complexity index is 321. The molecule has 0 aromatic carbocycles. The van der Waals surface area contributed by atoms with Crippen LogP contribution < -0.4 is 0 Å². The van der Waals surface area contributed by atoms with Crippen LogP contribution in [0.4, 0.5) is 0 Å². The summed E-state index contributed by atoms with van der Waals surface area (Å²) in [5.74, 6) is 0.633. The summed E-state index contributed by atoms with van der Waals surface area (Å²) < 4.78 is 13.1. The van der Waals surface area contributed by atoms with Gasteiger partial charge in [-0.15, -0.1) is 0 Å². The number of hydrogen-bond acceptors (Lipinski definition) is 2. The first-order valence-corrected chi connectivity index (χ1v) is 10.5. The van der Waals surface area contributed by atoms with Crippen molar-refractivity contribution in [3.8, 4) is 0 Å². The standard InChI is InChI=1S/C16H31O2P/c1-2-3-4-6-9-15-10-13-19(18,14-15)16(17)11-7-5-8-12-16/h15,17H,2-14H2,1H3. The number of rotatable bonds is 6. The van der Waals surface area contributed by atoms with Crippen molar-refractivity contribution in [3.63, 3.8) is 0 Å². The fourth-order valence-electron chi connectivity index (χ4n) is 3.99. The fourth-order valence-corrected chi connectivity index (χ4v) is 8.04.